The number of furan rings is 1. The fourth-order valence-electron chi connectivity index (χ4n) is 1.62. The van der Waals surface area contributed by atoms with Gasteiger partial charge in [0.1, 0.15) is 12.4 Å². The molecule has 2 aromatic rings. The fourth-order valence-corrected chi connectivity index (χ4v) is 1.62. The maximum Gasteiger partial charge on any atom is 0.371 e. The summed E-state index contributed by atoms with van der Waals surface area (Å²) in [5.74, 6) is 0.531. The van der Waals surface area contributed by atoms with Crippen molar-refractivity contribution >= 4 is 5.97 Å². The highest BCUT2D eigenvalue weighted by molar-refractivity contribution is 5.84. The Hall–Kier alpha value is -2.43. The number of hydrogen-bond acceptors (Lipinski definition) is 4. The summed E-state index contributed by atoms with van der Waals surface area (Å²) in [5, 5.41) is 8.77. The first kappa shape index (κ1) is 14.0. The molecule has 0 spiro atoms. The Morgan fingerprint density at radius 2 is 1.85 bits per heavy atom. The highest BCUT2D eigenvalue weighted by Gasteiger charge is 2.10. The number of benzene rings is 1. The van der Waals surface area contributed by atoms with Crippen LogP contribution < -0.4 is 9.47 Å². The Kier molecular flexibility index (Phi) is 4.65. The molecule has 1 heterocycles. The third-order valence-electron chi connectivity index (χ3n) is 2.55. The topological polar surface area (TPSA) is 68.9 Å². The van der Waals surface area contributed by atoms with Crippen LogP contribution in [-0.4, -0.2) is 17.7 Å². The molecule has 1 aromatic heterocycles. The minimum absolute atomic E-state index is 0.0980. The van der Waals surface area contributed by atoms with Crippen LogP contribution in [0.3, 0.4) is 0 Å². The normalized spacial score (nSPS) is 10.2. The Balaban J connectivity index is 2.00. The second-order valence-electron chi connectivity index (χ2n) is 4.15. The lowest BCUT2D eigenvalue weighted by Gasteiger charge is -2.11. The minimum Gasteiger partial charge on any atom is -0.490 e. The molecule has 5 heteroatoms. The average molecular weight is 276 g/mol. The number of hydrogen-bond donors (Lipinski definition) is 1. The molecule has 0 radical (unpaired) electrons. The van der Waals surface area contributed by atoms with E-state index in [0.717, 1.165) is 6.42 Å². The molecule has 0 aliphatic heterocycles. The van der Waals surface area contributed by atoms with E-state index < -0.39 is 5.97 Å². The smallest absolute Gasteiger partial charge is 0.371 e. The molecule has 0 amide bonds. The van der Waals surface area contributed by atoms with E-state index in [-0.39, 0.29) is 12.4 Å². The van der Waals surface area contributed by atoms with E-state index in [1.54, 1.807) is 12.1 Å². The van der Waals surface area contributed by atoms with Gasteiger partial charge in [-0.1, -0.05) is 19.1 Å². The van der Waals surface area contributed by atoms with Crippen molar-refractivity contribution in [3.8, 4) is 11.5 Å². The molecule has 0 saturated carbocycles. The Morgan fingerprint density at radius 1 is 1.15 bits per heavy atom. The van der Waals surface area contributed by atoms with Gasteiger partial charge < -0.3 is 19.0 Å². The van der Waals surface area contributed by atoms with Crippen molar-refractivity contribution in [2.24, 2.45) is 0 Å². The molecule has 1 N–H and O–H groups in total. The van der Waals surface area contributed by atoms with Crippen LogP contribution >= 0.6 is 0 Å². The SMILES string of the molecule is CCCOc1ccccc1OCc1ccc(C(=O)O)o1. The van der Waals surface area contributed by atoms with E-state index in [2.05, 4.69) is 0 Å². The highest BCUT2D eigenvalue weighted by atomic mass is 16.5. The van der Waals surface area contributed by atoms with Gasteiger partial charge in [-0.15, -0.1) is 0 Å². The van der Waals surface area contributed by atoms with Crippen LogP contribution in [0.15, 0.2) is 40.8 Å². The summed E-state index contributed by atoms with van der Waals surface area (Å²) in [7, 11) is 0. The third kappa shape index (κ3) is 3.54. The lowest BCUT2D eigenvalue weighted by molar-refractivity contribution is 0.0658. The number of para-hydroxylation sites is 2. The van der Waals surface area contributed by atoms with Gasteiger partial charge in [-0.3, -0.25) is 0 Å². The third-order valence-corrected chi connectivity index (χ3v) is 2.55. The monoisotopic (exact) mass is 276 g/mol. The number of carboxylic acid groups (broad SMARTS) is 1. The van der Waals surface area contributed by atoms with Crippen LogP contribution in [0.4, 0.5) is 0 Å². The summed E-state index contributed by atoms with van der Waals surface area (Å²) in [6.07, 6.45) is 0.911. The van der Waals surface area contributed by atoms with Crippen molar-refractivity contribution in [3.05, 3.63) is 47.9 Å². The molecule has 2 rings (SSSR count). The van der Waals surface area contributed by atoms with Gasteiger partial charge in [-0.05, 0) is 30.7 Å². The number of carboxylic acids is 1. The molecule has 20 heavy (non-hydrogen) atoms. The van der Waals surface area contributed by atoms with Crippen LogP contribution in [0, 0.1) is 0 Å². The van der Waals surface area contributed by atoms with Crippen molar-refractivity contribution < 1.29 is 23.8 Å². The zero-order chi connectivity index (χ0) is 14.4. The summed E-state index contributed by atoms with van der Waals surface area (Å²) in [6.45, 7) is 2.80. The van der Waals surface area contributed by atoms with Crippen molar-refractivity contribution in [1.82, 2.24) is 0 Å². The zero-order valence-electron chi connectivity index (χ0n) is 11.2. The summed E-state index contributed by atoms with van der Waals surface area (Å²) in [6, 6.07) is 10.3. The molecule has 1 aromatic carbocycles. The Labute approximate surface area is 116 Å². The van der Waals surface area contributed by atoms with E-state index in [0.29, 0.717) is 23.9 Å². The number of ether oxygens (including phenoxy) is 2. The van der Waals surface area contributed by atoms with Gasteiger partial charge in [-0.25, -0.2) is 4.79 Å². The van der Waals surface area contributed by atoms with Crippen LogP contribution in [0.2, 0.25) is 0 Å². The molecular formula is C15H16O5. The lowest BCUT2D eigenvalue weighted by Crippen LogP contribution is -2.00. The van der Waals surface area contributed by atoms with Crippen LogP contribution in [0.5, 0.6) is 11.5 Å². The summed E-state index contributed by atoms with van der Waals surface area (Å²) >= 11 is 0. The minimum atomic E-state index is -1.09. The van der Waals surface area contributed by atoms with E-state index in [9.17, 15) is 4.79 Å². The Bertz CT molecular complexity index is 573. The van der Waals surface area contributed by atoms with Gasteiger partial charge in [0.25, 0.3) is 0 Å². The molecule has 5 nitrogen and oxygen atoms in total. The number of aromatic carboxylic acids is 1. The molecule has 0 unspecified atom stereocenters. The zero-order valence-corrected chi connectivity index (χ0v) is 11.2. The van der Waals surface area contributed by atoms with Crippen LogP contribution in [0.1, 0.15) is 29.7 Å². The second kappa shape index (κ2) is 6.65. The first-order chi connectivity index (χ1) is 9.70. The van der Waals surface area contributed by atoms with Gasteiger partial charge in [0.2, 0.25) is 5.76 Å². The number of carbonyl (C=O) groups is 1. The maximum atomic E-state index is 10.7. The first-order valence-electron chi connectivity index (χ1n) is 6.37. The maximum absolute atomic E-state index is 10.7. The van der Waals surface area contributed by atoms with Crippen molar-refractivity contribution in [1.29, 1.82) is 0 Å². The molecule has 0 fully saturated rings. The van der Waals surface area contributed by atoms with Gasteiger partial charge in [0.15, 0.2) is 11.5 Å². The van der Waals surface area contributed by atoms with E-state index >= 15 is 0 Å². The molecule has 0 aliphatic rings. The average Bonchev–Trinajstić information content (AvgIpc) is 2.93. The summed E-state index contributed by atoms with van der Waals surface area (Å²) in [4.78, 5) is 10.7. The van der Waals surface area contributed by atoms with E-state index in [1.807, 2.05) is 25.1 Å². The van der Waals surface area contributed by atoms with Gasteiger partial charge in [-0.2, -0.15) is 0 Å². The van der Waals surface area contributed by atoms with E-state index in [1.165, 1.54) is 6.07 Å². The molecule has 0 atom stereocenters. The molecule has 0 aliphatic carbocycles. The standard InChI is InChI=1S/C15H16O5/c1-2-9-18-12-5-3-4-6-13(12)19-10-11-7-8-14(20-11)15(16)17/h3-8H,2,9-10H2,1H3,(H,16,17). The van der Waals surface area contributed by atoms with Gasteiger partial charge in [0, 0.05) is 0 Å². The predicted octanol–water partition coefficient (Wildman–Crippen LogP) is 3.35. The highest BCUT2D eigenvalue weighted by Crippen LogP contribution is 2.27. The van der Waals surface area contributed by atoms with Gasteiger partial charge in [0.05, 0.1) is 6.61 Å². The van der Waals surface area contributed by atoms with Crippen LogP contribution in [-0.2, 0) is 6.61 Å². The number of rotatable bonds is 7. The lowest BCUT2D eigenvalue weighted by atomic mass is 10.3. The molecule has 0 saturated heterocycles. The Morgan fingerprint density at radius 3 is 2.45 bits per heavy atom. The molecular weight excluding hydrogens is 260 g/mol. The van der Waals surface area contributed by atoms with E-state index in [4.69, 9.17) is 19.0 Å². The fraction of sp³-hybridized carbons (Fsp3) is 0.267. The van der Waals surface area contributed by atoms with Crippen molar-refractivity contribution in [2.75, 3.05) is 6.61 Å². The van der Waals surface area contributed by atoms with Crippen molar-refractivity contribution in [2.45, 2.75) is 20.0 Å². The molecule has 0 bridgehead atoms. The predicted molar refractivity (Wildman–Crippen MR) is 72.2 cm³/mol. The van der Waals surface area contributed by atoms with Gasteiger partial charge >= 0.3 is 5.97 Å². The van der Waals surface area contributed by atoms with Crippen LogP contribution in [0.25, 0.3) is 0 Å². The van der Waals surface area contributed by atoms with Crippen molar-refractivity contribution in [3.63, 3.8) is 0 Å². The first-order valence-corrected chi connectivity index (χ1v) is 6.37. The molecule has 106 valence electrons. The quantitative estimate of drug-likeness (QED) is 0.839. The largest absolute Gasteiger partial charge is 0.490 e. The summed E-state index contributed by atoms with van der Waals surface area (Å²) in [5.41, 5.74) is 0. The summed E-state index contributed by atoms with van der Waals surface area (Å²) < 4.78 is 16.3. The second-order valence-corrected chi connectivity index (χ2v) is 4.15.